The second-order valence-corrected chi connectivity index (χ2v) is 4.89. The third-order valence-corrected chi connectivity index (χ3v) is 3.54. The molecule has 0 radical (unpaired) electrons. The predicted octanol–water partition coefficient (Wildman–Crippen LogP) is 1.77. The zero-order chi connectivity index (χ0) is 15.7. The summed E-state index contributed by atoms with van der Waals surface area (Å²) in [5.41, 5.74) is 0.258. The number of nitrogens with one attached hydrogen (secondary N) is 1. The molecule has 2 aromatic rings. The Hall–Kier alpha value is -2.91. The predicted molar refractivity (Wildman–Crippen MR) is 76.6 cm³/mol. The zero-order valence-corrected chi connectivity index (χ0v) is 11.4. The van der Waals surface area contributed by atoms with Gasteiger partial charge in [0.2, 0.25) is 17.1 Å². The van der Waals surface area contributed by atoms with Gasteiger partial charge in [-0.2, -0.15) is 5.26 Å². The summed E-state index contributed by atoms with van der Waals surface area (Å²) < 4.78 is 10.7. The lowest BCUT2D eigenvalue weighted by atomic mass is 9.82. The highest BCUT2D eigenvalue weighted by molar-refractivity contribution is 5.84. The Morgan fingerprint density at radius 3 is 2.68 bits per heavy atom. The van der Waals surface area contributed by atoms with Crippen LogP contribution in [0.15, 0.2) is 45.6 Å². The highest BCUT2D eigenvalue weighted by atomic mass is 16.5. The van der Waals surface area contributed by atoms with E-state index < -0.39 is 23.9 Å². The summed E-state index contributed by atoms with van der Waals surface area (Å²) in [7, 11) is 0. The number of aliphatic hydroxyl groups is 1. The highest BCUT2D eigenvalue weighted by Gasteiger charge is 2.40. The molecule has 2 unspecified atom stereocenters. The fourth-order valence-electron chi connectivity index (χ4n) is 2.55. The summed E-state index contributed by atoms with van der Waals surface area (Å²) in [6.07, 6.45) is 0. The quantitative estimate of drug-likeness (QED) is 0.878. The molecule has 1 aromatic carbocycles. The minimum Gasteiger partial charge on any atom is -0.459 e. The van der Waals surface area contributed by atoms with Crippen LogP contribution >= 0.6 is 0 Å². The number of ether oxygens (including phenoxy) is 1. The summed E-state index contributed by atoms with van der Waals surface area (Å²) in [5, 5.41) is 26.5. The van der Waals surface area contributed by atoms with Crippen molar-refractivity contribution < 1.29 is 14.3 Å². The fourth-order valence-corrected chi connectivity index (χ4v) is 2.55. The summed E-state index contributed by atoms with van der Waals surface area (Å²) >= 11 is 0. The molecule has 3 rings (SSSR count). The Bertz CT molecular complexity index is 820. The van der Waals surface area contributed by atoms with E-state index in [2.05, 4.69) is 0 Å². The van der Waals surface area contributed by atoms with Crippen LogP contribution in [0.5, 0.6) is 5.75 Å². The van der Waals surface area contributed by atoms with Crippen molar-refractivity contribution in [3.63, 3.8) is 0 Å². The number of aliphatic hydroxyl groups excluding tert-OH is 1. The summed E-state index contributed by atoms with van der Waals surface area (Å²) in [5.74, 6) is -1.63. The van der Waals surface area contributed by atoms with Crippen LogP contribution in [0.3, 0.4) is 0 Å². The number of nitrogens with zero attached hydrogens (tertiary/aromatic N) is 1. The van der Waals surface area contributed by atoms with Crippen molar-refractivity contribution in [3.05, 3.63) is 63.7 Å². The average molecular weight is 296 g/mol. The molecule has 0 saturated heterocycles. The molecule has 0 aliphatic carbocycles. The maximum Gasteiger partial charge on any atom is 0.228 e. The second-order valence-electron chi connectivity index (χ2n) is 4.89. The lowest BCUT2D eigenvalue weighted by Gasteiger charge is -2.28. The van der Waals surface area contributed by atoms with Crippen molar-refractivity contribution in [3.8, 4) is 11.8 Å². The third kappa shape index (κ3) is 2.18. The van der Waals surface area contributed by atoms with Crippen LogP contribution in [-0.2, 0) is 6.61 Å². The van der Waals surface area contributed by atoms with Crippen LogP contribution in [0.2, 0.25) is 0 Å². The van der Waals surface area contributed by atoms with Gasteiger partial charge in [-0.15, -0.1) is 0 Å². The molecular weight excluding hydrogens is 284 g/mol. The molecule has 2 N–H and O–H groups in total. The van der Waals surface area contributed by atoms with E-state index in [9.17, 15) is 15.2 Å². The molecule has 0 spiro atoms. The number of rotatable bonds is 2. The first-order valence-electron chi connectivity index (χ1n) is 6.64. The van der Waals surface area contributed by atoms with Gasteiger partial charge in [0, 0.05) is 6.07 Å². The summed E-state index contributed by atoms with van der Waals surface area (Å²) in [6.45, 7) is -0.432. The molecule has 1 aliphatic rings. The van der Waals surface area contributed by atoms with Gasteiger partial charge in [-0.05, 0) is 5.56 Å². The molecule has 1 aliphatic heterocycles. The van der Waals surface area contributed by atoms with Gasteiger partial charge in [0.25, 0.3) is 0 Å². The molecular formula is C16H12N2O4. The first kappa shape index (κ1) is 14.0. The first-order valence-corrected chi connectivity index (χ1v) is 6.64. The van der Waals surface area contributed by atoms with Crippen LogP contribution < -0.4 is 10.2 Å². The van der Waals surface area contributed by atoms with E-state index in [-0.39, 0.29) is 23.2 Å². The van der Waals surface area contributed by atoms with Crippen LogP contribution in [-0.4, -0.2) is 11.0 Å². The van der Waals surface area contributed by atoms with Crippen LogP contribution in [0.1, 0.15) is 23.0 Å². The van der Waals surface area contributed by atoms with Crippen molar-refractivity contribution in [1.29, 1.82) is 10.7 Å². The largest absolute Gasteiger partial charge is 0.459 e. The standard InChI is InChI=1S/C16H12N2O4/c17-7-11-13(9-4-2-1-3-5-9)15-14(22-16(11)18)12(20)6-10(8-19)21-15/h1-6,11,13,18-19H,8H2. The van der Waals surface area contributed by atoms with E-state index in [4.69, 9.17) is 14.6 Å². The van der Waals surface area contributed by atoms with Crippen LogP contribution in [0, 0.1) is 22.7 Å². The van der Waals surface area contributed by atoms with Crippen molar-refractivity contribution in [2.75, 3.05) is 0 Å². The Morgan fingerprint density at radius 2 is 2.05 bits per heavy atom. The van der Waals surface area contributed by atoms with Gasteiger partial charge in [-0.25, -0.2) is 0 Å². The molecule has 2 heterocycles. The van der Waals surface area contributed by atoms with Crippen molar-refractivity contribution in [1.82, 2.24) is 0 Å². The topological polar surface area (TPSA) is 107 Å². The fraction of sp³-hybridized carbons (Fsp3) is 0.188. The van der Waals surface area contributed by atoms with Gasteiger partial charge >= 0.3 is 0 Å². The average Bonchev–Trinajstić information content (AvgIpc) is 2.55. The van der Waals surface area contributed by atoms with E-state index in [0.717, 1.165) is 11.6 Å². The summed E-state index contributed by atoms with van der Waals surface area (Å²) in [4.78, 5) is 12.1. The number of benzene rings is 1. The molecule has 0 bridgehead atoms. The zero-order valence-electron chi connectivity index (χ0n) is 11.4. The molecule has 110 valence electrons. The monoisotopic (exact) mass is 296 g/mol. The van der Waals surface area contributed by atoms with Crippen LogP contribution in [0.25, 0.3) is 0 Å². The molecule has 6 nitrogen and oxygen atoms in total. The van der Waals surface area contributed by atoms with Crippen molar-refractivity contribution >= 4 is 5.90 Å². The number of fused-ring (bicyclic) bond motifs is 1. The lowest BCUT2D eigenvalue weighted by molar-refractivity contribution is 0.230. The molecule has 0 amide bonds. The highest BCUT2D eigenvalue weighted by Crippen LogP contribution is 2.40. The maximum atomic E-state index is 12.1. The number of nitriles is 1. The molecule has 0 fully saturated rings. The van der Waals surface area contributed by atoms with Gasteiger partial charge in [0.15, 0.2) is 5.76 Å². The van der Waals surface area contributed by atoms with Gasteiger partial charge in [0.05, 0.1) is 12.0 Å². The lowest BCUT2D eigenvalue weighted by Crippen LogP contribution is -2.33. The van der Waals surface area contributed by atoms with E-state index in [0.29, 0.717) is 0 Å². The SMILES string of the molecule is N#CC1C(=N)Oc2c(oc(CO)cc2=O)C1c1ccccc1. The smallest absolute Gasteiger partial charge is 0.228 e. The van der Waals surface area contributed by atoms with Crippen molar-refractivity contribution in [2.24, 2.45) is 5.92 Å². The van der Waals surface area contributed by atoms with Crippen LogP contribution in [0.4, 0.5) is 0 Å². The maximum absolute atomic E-state index is 12.1. The van der Waals surface area contributed by atoms with Crippen molar-refractivity contribution in [2.45, 2.75) is 12.5 Å². The Balaban J connectivity index is 2.27. The minimum atomic E-state index is -0.896. The van der Waals surface area contributed by atoms with Gasteiger partial charge in [0.1, 0.15) is 18.3 Å². The Morgan fingerprint density at radius 1 is 1.32 bits per heavy atom. The number of hydrogen-bond acceptors (Lipinski definition) is 6. The first-order chi connectivity index (χ1) is 10.7. The molecule has 1 aromatic heterocycles. The number of hydrogen-bond donors (Lipinski definition) is 2. The van der Waals surface area contributed by atoms with E-state index >= 15 is 0 Å². The summed E-state index contributed by atoms with van der Waals surface area (Å²) in [6, 6.07) is 12.2. The second kappa shape index (κ2) is 5.47. The van der Waals surface area contributed by atoms with E-state index in [1.54, 1.807) is 24.3 Å². The minimum absolute atomic E-state index is 0.0949. The Labute approximate surface area is 125 Å². The van der Waals surface area contributed by atoms with Gasteiger partial charge in [-0.1, -0.05) is 30.3 Å². The van der Waals surface area contributed by atoms with E-state index in [1.165, 1.54) is 0 Å². The normalized spacial score (nSPS) is 19.9. The Kier molecular flexibility index (Phi) is 3.49. The third-order valence-electron chi connectivity index (χ3n) is 3.54. The molecule has 2 atom stereocenters. The van der Waals surface area contributed by atoms with E-state index in [1.807, 2.05) is 12.1 Å². The van der Waals surface area contributed by atoms with Gasteiger partial charge in [-0.3, -0.25) is 10.2 Å². The molecule has 22 heavy (non-hydrogen) atoms. The molecule has 6 heteroatoms. The van der Waals surface area contributed by atoms with Gasteiger partial charge < -0.3 is 14.3 Å². The molecule has 0 saturated carbocycles.